The van der Waals surface area contributed by atoms with Gasteiger partial charge in [-0.25, -0.2) is 0 Å². The van der Waals surface area contributed by atoms with Gasteiger partial charge in [-0.2, -0.15) is 0 Å². The number of ether oxygens (including phenoxy) is 2. The number of allylic oxidation sites excluding steroid dienone is 8. The zero-order chi connectivity index (χ0) is 35.4. The Bertz CT molecular complexity index is 1560. The fraction of sp³-hybridized carbons (Fsp3) is 0.455. The normalized spacial score (nSPS) is 25.4. The summed E-state index contributed by atoms with van der Waals surface area (Å²) in [4.78, 5) is 0. The minimum absolute atomic E-state index is 0.0496. The van der Waals surface area contributed by atoms with Crippen molar-refractivity contribution in [2.45, 2.75) is 106 Å². The van der Waals surface area contributed by atoms with Crippen LogP contribution >= 0.6 is 0 Å². The Morgan fingerprint density at radius 3 is 1.04 bits per heavy atom. The first-order valence-electron chi connectivity index (χ1n) is 17.3. The molecule has 0 aromatic heterocycles. The molecule has 48 heavy (non-hydrogen) atoms. The molecule has 0 atom stereocenters. The highest BCUT2D eigenvalue weighted by molar-refractivity contribution is 5.69. The Morgan fingerprint density at radius 2 is 0.771 bits per heavy atom. The molecular weight excluding hydrogens is 592 g/mol. The molecule has 0 amide bonds. The topological polar surface area (TPSA) is 64.6 Å². The summed E-state index contributed by atoms with van der Waals surface area (Å²) in [5.74, 6) is 1.82. The van der Waals surface area contributed by atoms with E-state index in [1.165, 1.54) is 11.1 Å². The quantitative estimate of drug-likeness (QED) is 0.332. The molecule has 1 saturated carbocycles. The summed E-state index contributed by atoms with van der Waals surface area (Å²) in [6.07, 6.45) is 9.56. The van der Waals surface area contributed by atoms with Crippen LogP contribution in [0.4, 0.5) is 0 Å². The molecule has 0 radical (unpaired) electrons. The van der Waals surface area contributed by atoms with Crippen LogP contribution in [0.1, 0.15) is 105 Å². The van der Waals surface area contributed by atoms with Crippen molar-refractivity contribution in [2.75, 3.05) is 0 Å². The molecule has 0 saturated heterocycles. The first-order chi connectivity index (χ1) is 22.1. The third kappa shape index (κ3) is 7.82. The minimum Gasteiger partial charge on any atom is -0.851 e. The van der Waals surface area contributed by atoms with Crippen LogP contribution in [-0.4, -0.2) is 12.2 Å². The average molecular weight is 647 g/mol. The fourth-order valence-corrected chi connectivity index (χ4v) is 6.09. The second-order valence-corrected chi connectivity index (χ2v) is 17.8. The van der Waals surface area contributed by atoms with E-state index in [4.69, 9.17) is 9.47 Å². The van der Waals surface area contributed by atoms with Gasteiger partial charge in [0.2, 0.25) is 0 Å². The van der Waals surface area contributed by atoms with Crippen LogP contribution in [0.25, 0.3) is 11.5 Å². The van der Waals surface area contributed by atoms with Gasteiger partial charge in [0.05, 0.1) is 0 Å². The standard InChI is InChI=1S/C44H54O4/c1-41(2,3)31-17-13-29(14-18-31)35-23-27(25-37(47-35)43(7,8)9)21-33-39(45)34(40(33)46)22-28-24-36(48-38(26-28)44(10,11)12)30-15-19-32(20-16-30)42(4,5)6/h13-26,33-34,39-40H,1-12H3/q-2/b27-21+,28-22+. The third-order valence-electron chi connectivity index (χ3n) is 9.47. The predicted octanol–water partition coefficient (Wildman–Crippen LogP) is 9.14. The van der Waals surface area contributed by atoms with Crippen molar-refractivity contribution in [3.05, 3.63) is 130 Å². The van der Waals surface area contributed by atoms with E-state index in [0.29, 0.717) is 0 Å². The van der Waals surface area contributed by atoms with Crippen LogP contribution in [0.5, 0.6) is 0 Å². The van der Waals surface area contributed by atoms with E-state index in [1.807, 2.05) is 36.5 Å². The van der Waals surface area contributed by atoms with E-state index < -0.39 is 24.0 Å². The molecule has 4 nitrogen and oxygen atoms in total. The van der Waals surface area contributed by atoms with Crippen LogP contribution in [0.15, 0.2) is 108 Å². The maximum Gasteiger partial charge on any atom is 0.134 e. The Labute approximate surface area is 289 Å². The summed E-state index contributed by atoms with van der Waals surface area (Å²) in [7, 11) is 0. The van der Waals surface area contributed by atoms with Crippen molar-refractivity contribution in [1.82, 2.24) is 0 Å². The average Bonchev–Trinajstić information content (AvgIpc) is 3.00. The highest BCUT2D eigenvalue weighted by Crippen LogP contribution is 2.42. The van der Waals surface area contributed by atoms with Crippen LogP contribution < -0.4 is 10.2 Å². The molecule has 1 fully saturated rings. The number of benzene rings is 2. The Hall–Kier alpha value is -3.60. The van der Waals surface area contributed by atoms with Crippen molar-refractivity contribution >= 4 is 11.5 Å². The van der Waals surface area contributed by atoms with Crippen molar-refractivity contribution in [3.8, 4) is 0 Å². The molecule has 2 aromatic carbocycles. The van der Waals surface area contributed by atoms with E-state index in [9.17, 15) is 10.2 Å². The lowest BCUT2D eigenvalue weighted by Gasteiger charge is -2.59. The SMILES string of the molecule is CC(C)(C)C1=C/C(=C/C2C([O-])C(/C=C3\C=C(c4ccc(C(C)(C)C)cc4)OC(C(C)(C)C)=C3)C2[O-])C=C(c2ccc(C(C)(C)C)cc2)O1. The number of hydrogen-bond acceptors (Lipinski definition) is 4. The van der Waals surface area contributed by atoms with Gasteiger partial charge in [-0.3, -0.25) is 0 Å². The van der Waals surface area contributed by atoms with Gasteiger partial charge >= 0.3 is 0 Å². The summed E-state index contributed by atoms with van der Waals surface area (Å²) in [5, 5.41) is 27.4. The molecule has 0 unspecified atom stereocenters. The highest BCUT2D eigenvalue weighted by atomic mass is 16.5. The lowest BCUT2D eigenvalue weighted by Crippen LogP contribution is -2.65. The first-order valence-corrected chi connectivity index (χ1v) is 17.3. The van der Waals surface area contributed by atoms with Gasteiger partial charge in [-0.05, 0) is 69.2 Å². The van der Waals surface area contributed by atoms with Gasteiger partial charge in [-0.1, -0.05) is 144 Å². The zero-order valence-corrected chi connectivity index (χ0v) is 31.0. The van der Waals surface area contributed by atoms with Crippen LogP contribution in [0, 0.1) is 22.7 Å². The smallest absolute Gasteiger partial charge is 0.134 e. The molecule has 3 aliphatic rings. The van der Waals surface area contributed by atoms with Gasteiger partial charge in [-0.15, -0.1) is 12.2 Å². The van der Waals surface area contributed by atoms with Gasteiger partial charge < -0.3 is 19.7 Å². The molecule has 0 spiro atoms. The van der Waals surface area contributed by atoms with Crippen molar-refractivity contribution < 1.29 is 19.7 Å². The maximum absolute atomic E-state index is 13.7. The summed E-state index contributed by atoms with van der Waals surface area (Å²) in [6, 6.07) is 16.9. The fourth-order valence-electron chi connectivity index (χ4n) is 6.09. The summed E-state index contributed by atoms with van der Waals surface area (Å²) >= 11 is 0. The third-order valence-corrected chi connectivity index (χ3v) is 9.47. The predicted molar refractivity (Wildman–Crippen MR) is 194 cm³/mol. The molecule has 0 bridgehead atoms. The number of rotatable bonds is 4. The number of hydrogen-bond donors (Lipinski definition) is 0. The second kappa shape index (κ2) is 12.7. The minimum atomic E-state index is -1.04. The molecule has 4 heteroatoms. The van der Waals surface area contributed by atoms with Crippen molar-refractivity contribution in [3.63, 3.8) is 0 Å². The van der Waals surface area contributed by atoms with Crippen molar-refractivity contribution in [2.24, 2.45) is 22.7 Å². The van der Waals surface area contributed by atoms with Gasteiger partial charge in [0, 0.05) is 22.0 Å². The molecule has 0 N–H and O–H groups in total. The summed E-state index contributed by atoms with van der Waals surface area (Å²) in [6.45, 7) is 25.8. The second-order valence-electron chi connectivity index (χ2n) is 17.8. The van der Waals surface area contributed by atoms with Gasteiger partial charge in [0.25, 0.3) is 0 Å². The Balaban J connectivity index is 1.43. The lowest BCUT2D eigenvalue weighted by molar-refractivity contribution is -0.550. The van der Waals surface area contributed by atoms with E-state index in [0.717, 1.165) is 45.3 Å². The van der Waals surface area contributed by atoms with Gasteiger partial charge in [0.15, 0.2) is 0 Å². The van der Waals surface area contributed by atoms with E-state index in [1.54, 1.807) is 0 Å². The molecule has 2 heterocycles. The van der Waals surface area contributed by atoms with Crippen LogP contribution in [0.2, 0.25) is 0 Å². The molecule has 1 aliphatic carbocycles. The van der Waals surface area contributed by atoms with E-state index >= 15 is 0 Å². The van der Waals surface area contributed by atoms with Crippen LogP contribution in [-0.2, 0) is 20.3 Å². The Kier molecular flexibility index (Phi) is 9.44. The van der Waals surface area contributed by atoms with Gasteiger partial charge in [0.1, 0.15) is 23.0 Å². The lowest BCUT2D eigenvalue weighted by atomic mass is 9.67. The van der Waals surface area contributed by atoms with E-state index in [2.05, 4.69) is 132 Å². The Morgan fingerprint density at radius 1 is 0.458 bits per heavy atom. The zero-order valence-electron chi connectivity index (χ0n) is 31.0. The first kappa shape index (κ1) is 35.7. The maximum atomic E-state index is 13.7. The molecule has 5 rings (SSSR count). The molecule has 2 aliphatic heterocycles. The van der Waals surface area contributed by atoms with Crippen LogP contribution in [0.3, 0.4) is 0 Å². The highest BCUT2D eigenvalue weighted by Gasteiger charge is 2.35. The molecular formula is C44H54O4-2. The largest absolute Gasteiger partial charge is 0.851 e. The monoisotopic (exact) mass is 646 g/mol. The summed E-state index contributed by atoms with van der Waals surface area (Å²) < 4.78 is 12.8. The van der Waals surface area contributed by atoms with Crippen molar-refractivity contribution in [1.29, 1.82) is 0 Å². The molecule has 256 valence electrons. The summed E-state index contributed by atoms with van der Waals surface area (Å²) in [5.41, 5.74) is 5.73. The molecule has 2 aromatic rings. The van der Waals surface area contributed by atoms with E-state index in [-0.39, 0.29) is 21.7 Å².